The summed E-state index contributed by atoms with van der Waals surface area (Å²) in [6.07, 6.45) is 2.93. The Morgan fingerprint density at radius 1 is 0.970 bits per heavy atom. The molecular formula is C27H36N4O2. The van der Waals surface area contributed by atoms with E-state index in [-0.39, 0.29) is 11.9 Å². The minimum absolute atomic E-state index is 0.0390. The maximum atomic E-state index is 13.1. The van der Waals surface area contributed by atoms with Crippen molar-refractivity contribution in [2.75, 3.05) is 69.3 Å². The van der Waals surface area contributed by atoms with E-state index >= 15 is 0 Å². The molecule has 0 radical (unpaired) electrons. The zero-order valence-electron chi connectivity index (χ0n) is 20.0. The smallest absolute Gasteiger partial charge is 0.251 e. The quantitative estimate of drug-likeness (QED) is 0.780. The molecule has 176 valence electrons. The Morgan fingerprint density at radius 3 is 2.48 bits per heavy atom. The minimum Gasteiger partial charge on any atom is -0.378 e. The molecule has 2 aromatic carbocycles. The third-order valence-electron chi connectivity index (χ3n) is 7.45. The van der Waals surface area contributed by atoms with Gasteiger partial charge in [-0.15, -0.1) is 0 Å². The number of ether oxygens (including phenoxy) is 1. The third kappa shape index (κ3) is 4.87. The van der Waals surface area contributed by atoms with Crippen LogP contribution in [-0.4, -0.2) is 76.4 Å². The number of anilines is 2. The van der Waals surface area contributed by atoms with E-state index in [1.807, 2.05) is 12.1 Å². The molecule has 0 spiro atoms. The number of hydrogen-bond acceptors (Lipinski definition) is 5. The van der Waals surface area contributed by atoms with Crippen molar-refractivity contribution in [2.45, 2.75) is 32.2 Å². The van der Waals surface area contributed by atoms with Crippen molar-refractivity contribution < 1.29 is 9.53 Å². The summed E-state index contributed by atoms with van der Waals surface area (Å²) in [7, 11) is 2.19. The van der Waals surface area contributed by atoms with Crippen LogP contribution in [0.1, 0.15) is 33.5 Å². The lowest BCUT2D eigenvalue weighted by Gasteiger charge is -2.37. The lowest BCUT2D eigenvalue weighted by Crippen LogP contribution is -2.45. The molecule has 1 atom stereocenters. The van der Waals surface area contributed by atoms with E-state index in [0.717, 1.165) is 82.9 Å². The number of likely N-dealkylation sites (N-methyl/N-ethyl adjacent to an activating group) is 1. The van der Waals surface area contributed by atoms with Crippen molar-refractivity contribution in [3.8, 4) is 0 Å². The van der Waals surface area contributed by atoms with Crippen LogP contribution in [0.2, 0.25) is 0 Å². The zero-order valence-corrected chi connectivity index (χ0v) is 20.0. The third-order valence-corrected chi connectivity index (χ3v) is 7.45. The van der Waals surface area contributed by atoms with Gasteiger partial charge in [0, 0.05) is 62.2 Å². The molecule has 2 fully saturated rings. The normalized spacial score (nSPS) is 21.6. The molecule has 1 unspecified atom stereocenters. The number of piperazine rings is 1. The molecule has 33 heavy (non-hydrogen) atoms. The van der Waals surface area contributed by atoms with E-state index < -0.39 is 0 Å². The van der Waals surface area contributed by atoms with E-state index in [9.17, 15) is 4.79 Å². The molecule has 3 aliphatic rings. The Kier molecular flexibility index (Phi) is 6.56. The number of amides is 1. The Balaban J connectivity index is 1.27. The molecule has 0 bridgehead atoms. The van der Waals surface area contributed by atoms with Gasteiger partial charge in [-0.05, 0) is 74.2 Å². The average molecular weight is 449 g/mol. The summed E-state index contributed by atoms with van der Waals surface area (Å²) < 4.78 is 5.47. The molecule has 6 heteroatoms. The molecule has 6 nitrogen and oxygen atoms in total. The minimum atomic E-state index is 0.0390. The second-order valence-electron chi connectivity index (χ2n) is 9.72. The first-order valence-corrected chi connectivity index (χ1v) is 12.4. The van der Waals surface area contributed by atoms with Crippen LogP contribution in [0, 0.1) is 6.92 Å². The number of nitrogens with one attached hydrogen (secondary N) is 1. The van der Waals surface area contributed by atoms with Crippen LogP contribution in [0.4, 0.5) is 11.4 Å². The predicted molar refractivity (Wildman–Crippen MR) is 134 cm³/mol. The lowest BCUT2D eigenvalue weighted by atomic mass is 9.86. The molecular weight excluding hydrogens is 412 g/mol. The van der Waals surface area contributed by atoms with Crippen molar-refractivity contribution in [3.63, 3.8) is 0 Å². The molecule has 2 saturated heterocycles. The Hall–Kier alpha value is -2.57. The van der Waals surface area contributed by atoms with Crippen LogP contribution in [0.25, 0.3) is 0 Å². The fourth-order valence-corrected chi connectivity index (χ4v) is 5.46. The first kappa shape index (κ1) is 22.2. The molecule has 2 aliphatic heterocycles. The maximum absolute atomic E-state index is 13.1. The number of carbonyl (C=O) groups is 1. The highest BCUT2D eigenvalue weighted by atomic mass is 16.5. The molecule has 2 heterocycles. The van der Waals surface area contributed by atoms with Gasteiger partial charge in [0.05, 0.1) is 13.2 Å². The maximum Gasteiger partial charge on any atom is 0.251 e. The highest BCUT2D eigenvalue weighted by Crippen LogP contribution is 2.31. The molecule has 5 rings (SSSR count). The van der Waals surface area contributed by atoms with Gasteiger partial charge in [0.15, 0.2) is 0 Å². The van der Waals surface area contributed by atoms with E-state index in [1.54, 1.807) is 0 Å². The number of benzene rings is 2. The van der Waals surface area contributed by atoms with Crippen LogP contribution in [0.15, 0.2) is 36.4 Å². The second-order valence-corrected chi connectivity index (χ2v) is 9.72. The fraction of sp³-hybridized carbons (Fsp3) is 0.519. The van der Waals surface area contributed by atoms with Crippen LogP contribution >= 0.6 is 0 Å². The Bertz CT molecular complexity index is 994. The van der Waals surface area contributed by atoms with Gasteiger partial charge in [-0.1, -0.05) is 12.1 Å². The van der Waals surface area contributed by atoms with Crippen molar-refractivity contribution >= 4 is 17.3 Å². The number of aryl methyl sites for hydroxylation is 2. The van der Waals surface area contributed by atoms with Crippen molar-refractivity contribution in [3.05, 3.63) is 58.7 Å². The first-order valence-electron chi connectivity index (χ1n) is 12.4. The van der Waals surface area contributed by atoms with Gasteiger partial charge >= 0.3 is 0 Å². The summed E-state index contributed by atoms with van der Waals surface area (Å²) in [4.78, 5) is 20.4. The van der Waals surface area contributed by atoms with Crippen LogP contribution < -0.4 is 15.1 Å². The van der Waals surface area contributed by atoms with Crippen molar-refractivity contribution in [2.24, 2.45) is 0 Å². The van der Waals surface area contributed by atoms with Crippen LogP contribution in [0.3, 0.4) is 0 Å². The molecule has 1 amide bonds. The summed E-state index contributed by atoms with van der Waals surface area (Å²) in [5, 5.41) is 3.34. The Morgan fingerprint density at radius 2 is 1.73 bits per heavy atom. The number of carbonyl (C=O) groups excluding carboxylic acids is 1. The van der Waals surface area contributed by atoms with Crippen molar-refractivity contribution in [1.82, 2.24) is 10.2 Å². The standard InChI is InChI=1S/C27H36N4O2/c1-20-18-22(7-9-25(20)31-14-16-33-17-15-31)27(32)28-23-8-6-21-4-3-5-26(24(21)19-23)30-12-10-29(2)11-13-30/h3-5,7,9,18,23H,6,8,10-17,19H2,1-2H3,(H,28,32). The average Bonchev–Trinajstić information content (AvgIpc) is 2.84. The van der Waals surface area contributed by atoms with E-state index in [2.05, 4.69) is 58.3 Å². The largest absolute Gasteiger partial charge is 0.378 e. The number of nitrogens with zero attached hydrogens (tertiary/aromatic N) is 3. The highest BCUT2D eigenvalue weighted by molar-refractivity contribution is 5.95. The molecule has 1 aliphatic carbocycles. The number of rotatable bonds is 4. The second kappa shape index (κ2) is 9.74. The van der Waals surface area contributed by atoms with Crippen molar-refractivity contribution in [1.29, 1.82) is 0 Å². The van der Waals surface area contributed by atoms with E-state index in [1.165, 1.54) is 22.5 Å². The first-order chi connectivity index (χ1) is 16.1. The number of hydrogen-bond donors (Lipinski definition) is 1. The predicted octanol–water partition coefficient (Wildman–Crippen LogP) is 2.87. The highest BCUT2D eigenvalue weighted by Gasteiger charge is 2.26. The fourth-order valence-electron chi connectivity index (χ4n) is 5.46. The van der Waals surface area contributed by atoms with Gasteiger partial charge in [0.1, 0.15) is 0 Å². The summed E-state index contributed by atoms with van der Waals surface area (Å²) in [6.45, 7) is 9.78. The lowest BCUT2D eigenvalue weighted by molar-refractivity contribution is 0.0933. The summed E-state index contributed by atoms with van der Waals surface area (Å²) in [6, 6.07) is 13.0. The molecule has 2 aromatic rings. The topological polar surface area (TPSA) is 48.1 Å². The van der Waals surface area contributed by atoms with Gasteiger partial charge in [-0.2, -0.15) is 0 Å². The summed E-state index contributed by atoms with van der Waals surface area (Å²) in [5.74, 6) is 0.0390. The van der Waals surface area contributed by atoms with E-state index in [4.69, 9.17) is 4.74 Å². The summed E-state index contributed by atoms with van der Waals surface area (Å²) >= 11 is 0. The zero-order chi connectivity index (χ0) is 22.8. The van der Waals surface area contributed by atoms with Gasteiger partial charge in [0.25, 0.3) is 5.91 Å². The molecule has 0 aromatic heterocycles. The van der Waals surface area contributed by atoms with Gasteiger partial charge in [0.2, 0.25) is 0 Å². The van der Waals surface area contributed by atoms with Gasteiger partial charge < -0.3 is 24.8 Å². The number of morpholine rings is 1. The number of fused-ring (bicyclic) bond motifs is 1. The van der Waals surface area contributed by atoms with Crippen LogP contribution in [-0.2, 0) is 17.6 Å². The van der Waals surface area contributed by atoms with Crippen LogP contribution in [0.5, 0.6) is 0 Å². The molecule has 1 N–H and O–H groups in total. The molecule has 0 saturated carbocycles. The van der Waals surface area contributed by atoms with Gasteiger partial charge in [-0.3, -0.25) is 4.79 Å². The van der Waals surface area contributed by atoms with Gasteiger partial charge in [-0.25, -0.2) is 0 Å². The monoisotopic (exact) mass is 448 g/mol. The SMILES string of the molecule is Cc1cc(C(=O)NC2CCc3cccc(N4CCN(C)CC4)c3C2)ccc1N1CCOCC1. The summed E-state index contributed by atoms with van der Waals surface area (Å²) in [5.41, 5.74) is 7.35. The Labute approximate surface area is 197 Å². The van der Waals surface area contributed by atoms with E-state index in [0.29, 0.717) is 0 Å².